The first-order chi connectivity index (χ1) is 15.0. The van der Waals surface area contributed by atoms with Crippen molar-refractivity contribution < 1.29 is 21.6 Å². The Morgan fingerprint density at radius 3 is 1.44 bits per heavy atom. The van der Waals surface area contributed by atoms with Crippen molar-refractivity contribution in [3.8, 4) is 0 Å². The normalized spacial score (nSPS) is 12.1. The van der Waals surface area contributed by atoms with Crippen LogP contribution in [0.2, 0.25) is 0 Å². The zero-order valence-corrected chi connectivity index (χ0v) is 21.4. The van der Waals surface area contributed by atoms with Gasteiger partial charge in [0.15, 0.2) is 25.5 Å². The van der Waals surface area contributed by atoms with Crippen molar-refractivity contribution in [3.63, 3.8) is 0 Å². The fraction of sp³-hybridized carbons (Fsp3) is 0.208. The number of carbonyl (C=O) groups is 1. The van der Waals surface area contributed by atoms with Gasteiger partial charge in [-0.3, -0.25) is 4.79 Å². The number of hydrogen-bond donors (Lipinski definition) is 0. The Morgan fingerprint density at radius 1 is 0.688 bits per heavy atom. The molecule has 0 aliphatic heterocycles. The average molecular weight is 582 g/mol. The molecule has 0 unspecified atom stereocenters. The fourth-order valence-electron chi connectivity index (χ4n) is 3.26. The molecule has 3 rings (SSSR count). The molecule has 8 heteroatoms. The smallest absolute Gasteiger partial charge is 0.179 e. The lowest BCUT2D eigenvalue weighted by atomic mass is 10.0. The number of aryl methyl sites for hydroxylation is 2. The van der Waals surface area contributed by atoms with Gasteiger partial charge in [0.1, 0.15) is 0 Å². The standard InChI is InChI=1S/C24H23IO5S2/c1-17-3-11-22(12-4-17)31(27,28)15-20(24(26)19-7-9-21(25)10-8-19)16-32(29,30)23-13-5-18(2)6-14-23/h3-14,20H,15-16H2,1-2H3. The summed E-state index contributed by atoms with van der Waals surface area (Å²) >= 11 is 2.10. The number of hydrogen-bond acceptors (Lipinski definition) is 5. The van der Waals surface area contributed by atoms with Crippen LogP contribution in [0.15, 0.2) is 82.6 Å². The summed E-state index contributed by atoms with van der Waals surface area (Å²) in [5.74, 6) is -2.93. The number of carbonyl (C=O) groups excluding carboxylic acids is 1. The summed E-state index contributed by atoms with van der Waals surface area (Å²) < 4.78 is 53.2. The Bertz CT molecular complexity index is 1230. The summed E-state index contributed by atoms with van der Waals surface area (Å²) in [6.45, 7) is 3.68. The Morgan fingerprint density at radius 2 is 1.06 bits per heavy atom. The van der Waals surface area contributed by atoms with E-state index in [4.69, 9.17) is 0 Å². The fourth-order valence-corrected chi connectivity index (χ4v) is 6.86. The van der Waals surface area contributed by atoms with Crippen LogP contribution in [0.25, 0.3) is 0 Å². The Kier molecular flexibility index (Phi) is 7.57. The maximum Gasteiger partial charge on any atom is 0.179 e. The minimum atomic E-state index is -3.89. The summed E-state index contributed by atoms with van der Waals surface area (Å²) in [6.07, 6.45) is 0. The molecule has 0 aliphatic rings. The molecular weight excluding hydrogens is 559 g/mol. The van der Waals surface area contributed by atoms with Crippen LogP contribution in [0.4, 0.5) is 0 Å². The molecule has 32 heavy (non-hydrogen) atoms. The van der Waals surface area contributed by atoms with E-state index >= 15 is 0 Å². The summed E-state index contributed by atoms with van der Waals surface area (Å²) in [5, 5.41) is 0. The van der Waals surface area contributed by atoms with E-state index in [1.54, 1.807) is 48.5 Å². The van der Waals surface area contributed by atoms with Gasteiger partial charge in [0.05, 0.1) is 27.2 Å². The highest BCUT2D eigenvalue weighted by molar-refractivity contribution is 14.1. The van der Waals surface area contributed by atoms with Crippen molar-refractivity contribution in [2.24, 2.45) is 5.92 Å². The minimum Gasteiger partial charge on any atom is -0.294 e. The van der Waals surface area contributed by atoms with E-state index in [9.17, 15) is 21.6 Å². The zero-order chi connectivity index (χ0) is 23.5. The first-order valence-corrected chi connectivity index (χ1v) is 14.2. The second-order valence-electron chi connectivity index (χ2n) is 7.76. The third kappa shape index (κ3) is 6.05. The monoisotopic (exact) mass is 582 g/mol. The number of sulfone groups is 2. The van der Waals surface area contributed by atoms with Crippen molar-refractivity contribution in [1.29, 1.82) is 0 Å². The van der Waals surface area contributed by atoms with Crippen LogP contribution in [-0.2, 0) is 19.7 Å². The van der Waals surface area contributed by atoms with E-state index in [0.717, 1.165) is 14.7 Å². The van der Waals surface area contributed by atoms with Gasteiger partial charge < -0.3 is 0 Å². The molecule has 0 saturated heterocycles. The molecule has 168 valence electrons. The number of Topliss-reactive ketones (excluding diaryl/α,β-unsaturated/α-hetero) is 1. The highest BCUT2D eigenvalue weighted by Gasteiger charge is 2.32. The lowest BCUT2D eigenvalue weighted by Gasteiger charge is -2.17. The van der Waals surface area contributed by atoms with Crippen LogP contribution in [-0.4, -0.2) is 34.1 Å². The molecule has 0 amide bonds. The SMILES string of the molecule is Cc1ccc(S(=O)(=O)CC(CS(=O)(=O)c2ccc(C)cc2)C(=O)c2ccc(I)cc2)cc1. The second kappa shape index (κ2) is 9.84. The third-order valence-corrected chi connectivity index (χ3v) is 9.48. The van der Waals surface area contributed by atoms with Gasteiger partial charge in [-0.25, -0.2) is 16.8 Å². The molecule has 0 aromatic heterocycles. The lowest BCUT2D eigenvalue weighted by Crippen LogP contribution is -2.31. The first kappa shape index (κ1) is 24.6. The number of rotatable bonds is 8. The quantitative estimate of drug-likeness (QED) is 0.285. The predicted molar refractivity (Wildman–Crippen MR) is 133 cm³/mol. The molecule has 0 spiro atoms. The molecule has 0 aliphatic carbocycles. The highest BCUT2D eigenvalue weighted by Crippen LogP contribution is 2.23. The van der Waals surface area contributed by atoms with Crippen LogP contribution >= 0.6 is 22.6 Å². The molecule has 0 atom stereocenters. The van der Waals surface area contributed by atoms with Crippen molar-refractivity contribution in [3.05, 3.63) is 93.1 Å². The van der Waals surface area contributed by atoms with Gasteiger partial charge in [-0.05, 0) is 72.8 Å². The Balaban J connectivity index is 1.98. The maximum absolute atomic E-state index is 13.3. The van der Waals surface area contributed by atoms with Gasteiger partial charge in [-0.15, -0.1) is 0 Å². The van der Waals surface area contributed by atoms with Crippen LogP contribution in [0.1, 0.15) is 21.5 Å². The first-order valence-electron chi connectivity index (χ1n) is 9.86. The van der Waals surface area contributed by atoms with Crippen molar-refractivity contribution in [2.45, 2.75) is 23.6 Å². The number of halogens is 1. The third-order valence-electron chi connectivity index (χ3n) is 5.10. The summed E-state index contributed by atoms with van der Waals surface area (Å²) in [7, 11) is -7.77. The van der Waals surface area contributed by atoms with Crippen molar-refractivity contribution in [2.75, 3.05) is 11.5 Å². The Hall–Kier alpha value is -2.04. The van der Waals surface area contributed by atoms with E-state index in [1.165, 1.54) is 24.3 Å². The molecular formula is C24H23IO5S2. The van der Waals surface area contributed by atoms with E-state index in [2.05, 4.69) is 22.6 Å². The predicted octanol–water partition coefficient (Wildman–Crippen LogP) is 4.65. The lowest BCUT2D eigenvalue weighted by molar-refractivity contribution is 0.0942. The molecule has 0 radical (unpaired) electrons. The van der Waals surface area contributed by atoms with Crippen molar-refractivity contribution in [1.82, 2.24) is 0 Å². The van der Waals surface area contributed by atoms with Gasteiger partial charge in [-0.1, -0.05) is 47.5 Å². The molecule has 3 aromatic rings. The van der Waals surface area contributed by atoms with Gasteiger partial charge in [0, 0.05) is 9.13 Å². The largest absolute Gasteiger partial charge is 0.294 e. The number of benzene rings is 3. The second-order valence-corrected chi connectivity index (χ2v) is 13.1. The summed E-state index contributed by atoms with van der Waals surface area (Å²) in [6, 6.07) is 19.2. The molecule has 0 bridgehead atoms. The minimum absolute atomic E-state index is 0.0660. The summed E-state index contributed by atoms with van der Waals surface area (Å²) in [4.78, 5) is 13.4. The van der Waals surface area contributed by atoms with Crippen molar-refractivity contribution >= 4 is 48.0 Å². The van der Waals surface area contributed by atoms with Gasteiger partial charge in [-0.2, -0.15) is 0 Å². The van der Waals surface area contributed by atoms with Gasteiger partial charge >= 0.3 is 0 Å². The molecule has 0 saturated carbocycles. The number of ketones is 1. The molecule has 3 aromatic carbocycles. The van der Waals surface area contributed by atoms with Crippen LogP contribution in [0.5, 0.6) is 0 Å². The Labute approximate surface area is 202 Å². The van der Waals surface area contributed by atoms with Crippen LogP contribution in [0, 0.1) is 23.3 Å². The topological polar surface area (TPSA) is 85.3 Å². The van der Waals surface area contributed by atoms with Gasteiger partial charge in [0.25, 0.3) is 0 Å². The van der Waals surface area contributed by atoms with Crippen LogP contribution < -0.4 is 0 Å². The van der Waals surface area contributed by atoms with E-state index < -0.39 is 42.9 Å². The van der Waals surface area contributed by atoms with Gasteiger partial charge in [0.2, 0.25) is 0 Å². The highest BCUT2D eigenvalue weighted by atomic mass is 127. The maximum atomic E-state index is 13.3. The molecule has 0 fully saturated rings. The average Bonchev–Trinajstić information content (AvgIpc) is 2.73. The van der Waals surface area contributed by atoms with E-state index in [0.29, 0.717) is 0 Å². The summed E-state index contributed by atoms with van der Waals surface area (Å²) in [5.41, 5.74) is 2.09. The van der Waals surface area contributed by atoms with E-state index in [-0.39, 0.29) is 15.4 Å². The van der Waals surface area contributed by atoms with Crippen LogP contribution in [0.3, 0.4) is 0 Å². The van der Waals surface area contributed by atoms with E-state index in [1.807, 2.05) is 13.8 Å². The molecule has 5 nitrogen and oxygen atoms in total. The molecule has 0 heterocycles. The molecule has 0 N–H and O–H groups in total. The zero-order valence-electron chi connectivity index (χ0n) is 17.7.